The highest BCUT2D eigenvalue weighted by Gasteiger charge is 2.32. The molecule has 1 aliphatic rings. The third-order valence-corrected chi connectivity index (χ3v) is 7.67. The van der Waals surface area contributed by atoms with Crippen LogP contribution in [0.15, 0.2) is 60.7 Å². The third kappa shape index (κ3) is 4.76. The quantitative estimate of drug-likeness (QED) is 0.130. The number of amides is 1. The van der Waals surface area contributed by atoms with E-state index in [-0.39, 0.29) is 17.0 Å². The fraction of sp³-hybridized carbons (Fsp3) is 0.231. The number of nitrogens with zero attached hydrogens (tertiary/aromatic N) is 3. The van der Waals surface area contributed by atoms with Gasteiger partial charge in [0, 0.05) is 41.0 Å². The molecular formula is C26H23ClN4O4S. The van der Waals surface area contributed by atoms with Gasteiger partial charge in [-0.25, -0.2) is 4.98 Å². The average Bonchev–Trinajstić information content (AvgIpc) is 3.25. The molecule has 1 aromatic heterocycles. The van der Waals surface area contributed by atoms with E-state index < -0.39 is 4.92 Å². The SMILES string of the molecule is COc1ccc2nc3cc(Cl)ccc3c(NCCCN3C(=O)CSC3c3ccc([N+](=O)[O-])cc3)c2c1. The summed E-state index contributed by atoms with van der Waals surface area (Å²) in [5.74, 6) is 1.21. The van der Waals surface area contributed by atoms with Crippen molar-refractivity contribution in [1.29, 1.82) is 0 Å². The van der Waals surface area contributed by atoms with Crippen LogP contribution in [0.25, 0.3) is 21.8 Å². The molecule has 0 bridgehead atoms. The molecule has 184 valence electrons. The van der Waals surface area contributed by atoms with Crippen molar-refractivity contribution in [2.24, 2.45) is 0 Å². The first-order valence-electron chi connectivity index (χ1n) is 11.4. The molecule has 36 heavy (non-hydrogen) atoms. The number of fused-ring (bicyclic) bond motifs is 2. The Balaban J connectivity index is 1.34. The Morgan fingerprint density at radius 2 is 1.94 bits per heavy atom. The first-order chi connectivity index (χ1) is 17.4. The van der Waals surface area contributed by atoms with Gasteiger partial charge in [0.1, 0.15) is 11.1 Å². The number of carbonyl (C=O) groups excluding carboxylic acids is 1. The molecule has 0 saturated carbocycles. The number of benzene rings is 3. The zero-order valence-electron chi connectivity index (χ0n) is 19.4. The largest absolute Gasteiger partial charge is 0.497 e. The first kappa shape index (κ1) is 24.1. The summed E-state index contributed by atoms with van der Waals surface area (Å²) in [5, 5.41) is 16.9. The van der Waals surface area contributed by atoms with E-state index in [4.69, 9.17) is 21.3 Å². The molecule has 0 spiro atoms. The molecule has 1 unspecified atom stereocenters. The molecule has 0 radical (unpaired) electrons. The van der Waals surface area contributed by atoms with E-state index in [2.05, 4.69) is 5.32 Å². The first-order valence-corrected chi connectivity index (χ1v) is 12.8. The number of non-ortho nitro benzene ring substituents is 1. The third-order valence-electron chi connectivity index (χ3n) is 6.18. The van der Waals surface area contributed by atoms with Crippen LogP contribution in [0.5, 0.6) is 5.75 Å². The number of aromatic nitrogens is 1. The Hall–Kier alpha value is -3.56. The van der Waals surface area contributed by atoms with Crippen LogP contribution in [-0.2, 0) is 4.79 Å². The van der Waals surface area contributed by atoms with Crippen molar-refractivity contribution in [2.45, 2.75) is 11.8 Å². The molecule has 4 aromatic rings. The number of thioether (sulfide) groups is 1. The summed E-state index contributed by atoms with van der Waals surface area (Å²) in [7, 11) is 1.63. The highest BCUT2D eigenvalue weighted by molar-refractivity contribution is 8.00. The number of methoxy groups -OCH3 is 1. The average molecular weight is 523 g/mol. The Morgan fingerprint density at radius 1 is 1.14 bits per heavy atom. The van der Waals surface area contributed by atoms with E-state index in [1.807, 2.05) is 41.3 Å². The number of hydrogen-bond acceptors (Lipinski definition) is 7. The predicted octanol–water partition coefficient (Wildman–Crippen LogP) is 6.03. The number of nitro benzene ring substituents is 1. The molecule has 10 heteroatoms. The summed E-state index contributed by atoms with van der Waals surface area (Å²) in [4.78, 5) is 29.7. The Kier molecular flexibility index (Phi) is 6.84. The lowest BCUT2D eigenvalue weighted by Crippen LogP contribution is -2.30. The summed E-state index contributed by atoms with van der Waals surface area (Å²) < 4.78 is 5.43. The van der Waals surface area contributed by atoms with Crippen LogP contribution in [0.3, 0.4) is 0 Å². The molecule has 1 amide bonds. The van der Waals surface area contributed by atoms with Gasteiger partial charge in [-0.1, -0.05) is 11.6 Å². The zero-order valence-corrected chi connectivity index (χ0v) is 21.0. The van der Waals surface area contributed by atoms with Crippen LogP contribution in [0.1, 0.15) is 17.4 Å². The van der Waals surface area contributed by atoms with Gasteiger partial charge >= 0.3 is 0 Å². The van der Waals surface area contributed by atoms with Crippen LogP contribution in [0.2, 0.25) is 5.02 Å². The molecule has 0 aliphatic carbocycles. The number of halogens is 1. The van der Waals surface area contributed by atoms with Crippen molar-refractivity contribution < 1.29 is 14.5 Å². The van der Waals surface area contributed by atoms with Crippen LogP contribution in [0, 0.1) is 10.1 Å². The number of nitro groups is 1. The van der Waals surface area contributed by atoms with Crippen molar-refractivity contribution in [3.05, 3.63) is 81.4 Å². The number of hydrogen-bond donors (Lipinski definition) is 1. The molecule has 1 aliphatic heterocycles. The van der Waals surface area contributed by atoms with Gasteiger partial charge in [0.2, 0.25) is 5.91 Å². The number of nitrogens with one attached hydrogen (secondary N) is 1. The fourth-order valence-corrected chi connectivity index (χ4v) is 5.79. The Morgan fingerprint density at radius 3 is 2.69 bits per heavy atom. The number of rotatable bonds is 8. The summed E-state index contributed by atoms with van der Waals surface area (Å²) in [6.45, 7) is 1.20. The fourth-order valence-electron chi connectivity index (χ4n) is 4.41. The highest BCUT2D eigenvalue weighted by atomic mass is 35.5. The van der Waals surface area contributed by atoms with Gasteiger partial charge in [-0.3, -0.25) is 14.9 Å². The predicted molar refractivity (Wildman–Crippen MR) is 144 cm³/mol. The van der Waals surface area contributed by atoms with E-state index in [1.165, 1.54) is 12.1 Å². The standard InChI is InChI=1S/C26H23ClN4O4S/c1-35-19-8-10-22-21(14-19)25(20-9-5-17(27)13-23(20)29-22)28-11-2-12-30-24(32)15-36-26(30)16-3-6-18(7-4-16)31(33)34/h3-10,13-14,26H,2,11-12,15H2,1H3,(H,28,29). The van der Waals surface area contributed by atoms with Crippen molar-refractivity contribution in [3.63, 3.8) is 0 Å². The molecule has 8 nitrogen and oxygen atoms in total. The minimum atomic E-state index is -0.420. The molecule has 3 aromatic carbocycles. The number of pyridine rings is 1. The van der Waals surface area contributed by atoms with E-state index >= 15 is 0 Å². The zero-order chi connectivity index (χ0) is 25.2. The maximum atomic E-state index is 12.6. The smallest absolute Gasteiger partial charge is 0.269 e. The summed E-state index contributed by atoms with van der Waals surface area (Å²) >= 11 is 7.76. The van der Waals surface area contributed by atoms with Gasteiger partial charge in [0.15, 0.2) is 0 Å². The van der Waals surface area contributed by atoms with E-state index in [0.717, 1.165) is 45.2 Å². The van der Waals surface area contributed by atoms with Gasteiger partial charge in [-0.05, 0) is 60.5 Å². The number of anilines is 1. The molecular weight excluding hydrogens is 500 g/mol. The molecule has 5 rings (SSSR count). The van der Waals surface area contributed by atoms with Crippen LogP contribution in [0.4, 0.5) is 11.4 Å². The molecule has 2 heterocycles. The second kappa shape index (κ2) is 10.2. The normalized spacial score (nSPS) is 15.6. The molecule has 1 fully saturated rings. The van der Waals surface area contributed by atoms with E-state index in [1.54, 1.807) is 31.0 Å². The monoisotopic (exact) mass is 522 g/mol. The van der Waals surface area contributed by atoms with Crippen LogP contribution < -0.4 is 10.1 Å². The molecule has 1 atom stereocenters. The van der Waals surface area contributed by atoms with Gasteiger partial charge in [0.25, 0.3) is 5.69 Å². The van der Waals surface area contributed by atoms with Gasteiger partial charge in [-0.2, -0.15) is 0 Å². The van der Waals surface area contributed by atoms with E-state index in [9.17, 15) is 14.9 Å². The number of ether oxygens (including phenoxy) is 1. The Bertz CT molecular complexity index is 1460. The lowest BCUT2D eigenvalue weighted by atomic mass is 10.1. The molecule has 1 saturated heterocycles. The Labute approximate surface area is 216 Å². The molecule has 1 N–H and O–H groups in total. The minimum absolute atomic E-state index is 0.0403. The van der Waals surface area contributed by atoms with Crippen LogP contribution >= 0.6 is 23.4 Å². The van der Waals surface area contributed by atoms with Gasteiger partial charge in [0.05, 0.1) is 34.5 Å². The maximum Gasteiger partial charge on any atom is 0.269 e. The second-order valence-corrected chi connectivity index (χ2v) is 9.92. The lowest BCUT2D eigenvalue weighted by molar-refractivity contribution is -0.384. The summed E-state index contributed by atoms with van der Waals surface area (Å²) in [6.07, 6.45) is 0.721. The van der Waals surface area contributed by atoms with Crippen molar-refractivity contribution >= 4 is 62.5 Å². The van der Waals surface area contributed by atoms with Crippen LogP contribution in [-0.4, -0.2) is 46.7 Å². The van der Waals surface area contributed by atoms with Crippen molar-refractivity contribution in [1.82, 2.24) is 9.88 Å². The topological polar surface area (TPSA) is 97.6 Å². The highest BCUT2D eigenvalue weighted by Crippen LogP contribution is 2.39. The maximum absolute atomic E-state index is 12.6. The minimum Gasteiger partial charge on any atom is -0.497 e. The second-order valence-electron chi connectivity index (χ2n) is 8.41. The number of carbonyl (C=O) groups is 1. The van der Waals surface area contributed by atoms with Crippen molar-refractivity contribution in [3.8, 4) is 5.75 Å². The summed E-state index contributed by atoms with van der Waals surface area (Å²) in [5.41, 5.74) is 3.50. The van der Waals surface area contributed by atoms with Gasteiger partial charge < -0.3 is 15.0 Å². The van der Waals surface area contributed by atoms with Crippen molar-refractivity contribution in [2.75, 3.05) is 31.3 Å². The summed E-state index contributed by atoms with van der Waals surface area (Å²) in [6, 6.07) is 17.8. The lowest BCUT2D eigenvalue weighted by Gasteiger charge is -2.24. The van der Waals surface area contributed by atoms with E-state index in [0.29, 0.717) is 23.9 Å². The van der Waals surface area contributed by atoms with Gasteiger partial charge in [-0.15, -0.1) is 11.8 Å².